The van der Waals surface area contributed by atoms with Gasteiger partial charge in [0.15, 0.2) is 0 Å². The van der Waals surface area contributed by atoms with Crippen LogP contribution in [-0.2, 0) is 0 Å². The van der Waals surface area contributed by atoms with Crippen LogP contribution in [0.1, 0.15) is 30.0 Å². The average Bonchev–Trinajstić information content (AvgIpc) is 2.48. The van der Waals surface area contributed by atoms with Crippen molar-refractivity contribution in [3.63, 3.8) is 0 Å². The lowest BCUT2D eigenvalue weighted by molar-refractivity contribution is 0.229. The number of halogens is 2. The number of nitriles is 1. The fourth-order valence-corrected chi connectivity index (χ4v) is 2.59. The van der Waals surface area contributed by atoms with E-state index in [9.17, 15) is 0 Å². The lowest BCUT2D eigenvalue weighted by atomic mass is 9.93. The summed E-state index contributed by atoms with van der Waals surface area (Å²) in [7, 11) is 0. The Morgan fingerprint density at radius 3 is 2.74 bits per heavy atom. The molecule has 1 aromatic rings. The first-order valence-corrected chi connectivity index (χ1v) is 7.07. The molecule has 100 valence electrons. The van der Waals surface area contributed by atoms with E-state index in [1.165, 1.54) is 5.54 Å². The van der Waals surface area contributed by atoms with Gasteiger partial charge in [-0.15, -0.1) is 0 Å². The highest BCUT2D eigenvalue weighted by molar-refractivity contribution is 6.36. The van der Waals surface area contributed by atoms with Crippen LogP contribution >= 0.6 is 23.2 Å². The molecule has 1 aliphatic heterocycles. The van der Waals surface area contributed by atoms with Crippen LogP contribution in [0.2, 0.25) is 0 Å². The lowest BCUT2D eigenvalue weighted by Gasteiger charge is -2.31. The minimum Gasteiger partial charge on any atom is -0.298 e. The fourth-order valence-electron chi connectivity index (χ4n) is 2.35. The smallest absolute Gasteiger partial charge is 0.101 e. The molecule has 0 saturated carbocycles. The number of hydrogen-bond donors (Lipinski definition) is 0. The summed E-state index contributed by atoms with van der Waals surface area (Å²) in [6.45, 7) is 2.71. The summed E-state index contributed by atoms with van der Waals surface area (Å²) < 4.78 is 0. The lowest BCUT2D eigenvalue weighted by Crippen LogP contribution is -2.34. The third-order valence-electron chi connectivity index (χ3n) is 3.41. The van der Waals surface area contributed by atoms with Crippen LogP contribution in [0.3, 0.4) is 0 Å². The Morgan fingerprint density at radius 2 is 2.21 bits per heavy atom. The second-order valence-electron chi connectivity index (χ2n) is 4.69. The quantitative estimate of drug-likeness (QED) is 0.857. The monoisotopic (exact) mass is 295 g/mol. The predicted octanol–water partition coefficient (Wildman–Crippen LogP) is 3.45. The van der Waals surface area contributed by atoms with Gasteiger partial charge in [-0.25, -0.2) is 0 Å². The summed E-state index contributed by atoms with van der Waals surface area (Å²) in [4.78, 5) is 6.67. The van der Waals surface area contributed by atoms with Gasteiger partial charge in [-0.3, -0.25) is 9.88 Å². The van der Waals surface area contributed by atoms with Gasteiger partial charge in [-0.05, 0) is 38.1 Å². The zero-order valence-corrected chi connectivity index (χ0v) is 12.0. The number of pyridine rings is 1. The molecular weight excluding hydrogens is 281 g/mol. The van der Waals surface area contributed by atoms with Gasteiger partial charge >= 0.3 is 0 Å². The molecule has 1 fully saturated rings. The summed E-state index contributed by atoms with van der Waals surface area (Å²) in [5.74, 6) is 0.475. The Bertz CT molecular complexity index is 482. The van der Waals surface area contributed by atoms with Crippen molar-refractivity contribution in [3.05, 3.63) is 40.2 Å². The van der Waals surface area contributed by atoms with Gasteiger partial charge in [-0.1, -0.05) is 23.2 Å². The summed E-state index contributed by atoms with van der Waals surface area (Å²) in [5.41, 5.74) is 3.12. The first kappa shape index (κ1) is 14.3. The predicted molar refractivity (Wildman–Crippen MR) is 77.2 cm³/mol. The minimum atomic E-state index is 0.475. The van der Waals surface area contributed by atoms with E-state index in [2.05, 4.69) is 16.0 Å². The molecule has 0 atom stereocenters. The molecule has 0 unspecified atom stereocenters. The van der Waals surface area contributed by atoms with Crippen molar-refractivity contribution in [2.24, 2.45) is 0 Å². The number of likely N-dealkylation sites (tertiary alicyclic amines) is 1. The summed E-state index contributed by atoms with van der Waals surface area (Å²) in [6, 6.07) is 5.89. The third-order valence-corrected chi connectivity index (χ3v) is 4.02. The molecule has 19 heavy (non-hydrogen) atoms. The second-order valence-corrected chi connectivity index (χ2v) is 5.39. The molecule has 0 N–H and O–H groups in total. The number of piperidine rings is 1. The van der Waals surface area contributed by atoms with E-state index in [-0.39, 0.29) is 0 Å². The van der Waals surface area contributed by atoms with Crippen molar-refractivity contribution >= 4 is 23.2 Å². The van der Waals surface area contributed by atoms with Crippen LogP contribution in [0.4, 0.5) is 0 Å². The summed E-state index contributed by atoms with van der Waals surface area (Å²) in [6.07, 6.45) is 3.77. The van der Waals surface area contributed by atoms with E-state index < -0.39 is 0 Å². The highest BCUT2D eigenvalue weighted by Gasteiger charge is 2.21. The Balaban J connectivity index is 1.90. The molecule has 3 nitrogen and oxygen atoms in total. The van der Waals surface area contributed by atoms with Gasteiger partial charge in [0.05, 0.1) is 5.56 Å². The number of nitrogens with zero attached hydrogens (tertiary/aromatic N) is 3. The molecule has 0 aliphatic carbocycles. The molecule has 0 amide bonds. The fraction of sp³-hybridized carbons (Fsp3) is 0.429. The van der Waals surface area contributed by atoms with Gasteiger partial charge in [-0.2, -0.15) is 5.26 Å². The molecular formula is C14H15Cl2N3. The van der Waals surface area contributed by atoms with Crippen LogP contribution in [0.5, 0.6) is 0 Å². The van der Waals surface area contributed by atoms with Gasteiger partial charge in [0, 0.05) is 34.9 Å². The minimum absolute atomic E-state index is 0.475. The first-order chi connectivity index (χ1) is 9.22. The number of hydrogen-bond acceptors (Lipinski definition) is 3. The van der Waals surface area contributed by atoms with Crippen LogP contribution in [-0.4, -0.2) is 29.5 Å². The third kappa shape index (κ3) is 3.94. The van der Waals surface area contributed by atoms with E-state index in [4.69, 9.17) is 28.5 Å². The van der Waals surface area contributed by atoms with Crippen LogP contribution < -0.4 is 0 Å². The topological polar surface area (TPSA) is 39.9 Å². The largest absolute Gasteiger partial charge is 0.298 e. The summed E-state index contributed by atoms with van der Waals surface area (Å²) in [5, 5.41) is 9.43. The normalized spacial score (nSPS) is 18.3. The molecule has 1 aliphatic rings. The Morgan fingerprint density at radius 1 is 1.47 bits per heavy atom. The van der Waals surface area contributed by atoms with Crippen molar-refractivity contribution in [2.75, 3.05) is 19.6 Å². The zero-order chi connectivity index (χ0) is 13.7. The number of rotatable bonds is 3. The average molecular weight is 296 g/mol. The van der Waals surface area contributed by atoms with E-state index in [1.807, 2.05) is 12.1 Å². The molecule has 2 rings (SSSR count). The first-order valence-electron chi connectivity index (χ1n) is 6.26. The maximum absolute atomic E-state index is 8.76. The van der Waals surface area contributed by atoms with Gasteiger partial charge in [0.1, 0.15) is 6.07 Å². The van der Waals surface area contributed by atoms with Crippen molar-refractivity contribution in [3.8, 4) is 6.07 Å². The van der Waals surface area contributed by atoms with Crippen LogP contribution in [0.15, 0.2) is 28.9 Å². The van der Waals surface area contributed by atoms with Crippen molar-refractivity contribution in [1.29, 1.82) is 5.26 Å². The zero-order valence-electron chi connectivity index (χ0n) is 10.5. The maximum Gasteiger partial charge on any atom is 0.101 e. The SMILES string of the molecule is N#Cc1ccc(C2CCN(CC(Cl)=CCl)CC2)nc1. The molecule has 0 aromatic carbocycles. The molecule has 2 heterocycles. The van der Waals surface area contributed by atoms with Crippen LogP contribution in [0, 0.1) is 11.3 Å². The molecule has 1 saturated heterocycles. The van der Waals surface area contributed by atoms with Crippen molar-refractivity contribution < 1.29 is 0 Å². The molecule has 0 radical (unpaired) electrons. The highest BCUT2D eigenvalue weighted by Crippen LogP contribution is 2.27. The number of aromatic nitrogens is 1. The van der Waals surface area contributed by atoms with Gasteiger partial charge in [0.25, 0.3) is 0 Å². The van der Waals surface area contributed by atoms with E-state index in [1.54, 1.807) is 6.20 Å². The Labute approximate surface area is 123 Å². The highest BCUT2D eigenvalue weighted by atomic mass is 35.5. The second kappa shape index (κ2) is 6.91. The van der Waals surface area contributed by atoms with Crippen molar-refractivity contribution in [1.82, 2.24) is 9.88 Å². The Hall–Kier alpha value is -1.08. The van der Waals surface area contributed by atoms with E-state index in [0.717, 1.165) is 38.2 Å². The van der Waals surface area contributed by atoms with Crippen LogP contribution in [0.25, 0.3) is 0 Å². The van der Waals surface area contributed by atoms with E-state index >= 15 is 0 Å². The molecule has 1 aromatic heterocycles. The van der Waals surface area contributed by atoms with E-state index in [0.29, 0.717) is 16.5 Å². The van der Waals surface area contributed by atoms with Gasteiger partial charge in [0.2, 0.25) is 0 Å². The maximum atomic E-state index is 8.76. The molecule has 5 heteroatoms. The van der Waals surface area contributed by atoms with Crippen molar-refractivity contribution in [2.45, 2.75) is 18.8 Å². The van der Waals surface area contributed by atoms with Gasteiger partial charge < -0.3 is 0 Å². The Kier molecular flexibility index (Phi) is 5.21. The standard InChI is InChI=1S/C14H15Cl2N3/c15-7-13(16)10-19-5-3-12(4-6-19)14-2-1-11(8-17)9-18-14/h1-2,7,9,12H,3-6,10H2. The summed E-state index contributed by atoms with van der Waals surface area (Å²) >= 11 is 11.5. The molecule has 0 spiro atoms. The molecule has 0 bridgehead atoms.